The summed E-state index contributed by atoms with van der Waals surface area (Å²) < 4.78 is 27.3. The Balaban J connectivity index is 1.33. The summed E-state index contributed by atoms with van der Waals surface area (Å²) in [4.78, 5) is 32.4. The molecule has 0 atom stereocenters. The van der Waals surface area contributed by atoms with Crippen molar-refractivity contribution in [3.05, 3.63) is 95.1 Å². The number of nitrogens with one attached hydrogen (secondary N) is 1. The SMILES string of the molecule is O=C(Nc1ccc(N2CCN(Cc3ccccc3F)CC2)c(C(=O)N2CCCC2)c1)c1ccc(F)cc1. The van der Waals surface area contributed by atoms with Gasteiger partial charge in [0.25, 0.3) is 11.8 Å². The number of amides is 2. The molecule has 3 aromatic carbocycles. The van der Waals surface area contributed by atoms with Crippen LogP contribution in [0.3, 0.4) is 0 Å². The molecule has 2 fully saturated rings. The van der Waals surface area contributed by atoms with Crippen LogP contribution in [0.2, 0.25) is 0 Å². The van der Waals surface area contributed by atoms with Gasteiger partial charge in [-0.05, 0) is 61.4 Å². The van der Waals surface area contributed by atoms with E-state index in [1.807, 2.05) is 23.1 Å². The van der Waals surface area contributed by atoms with Gasteiger partial charge in [-0.3, -0.25) is 14.5 Å². The van der Waals surface area contributed by atoms with Crippen molar-refractivity contribution in [3.8, 4) is 0 Å². The highest BCUT2D eigenvalue weighted by atomic mass is 19.1. The molecule has 6 nitrogen and oxygen atoms in total. The van der Waals surface area contributed by atoms with Crippen molar-refractivity contribution < 1.29 is 18.4 Å². The van der Waals surface area contributed by atoms with Crippen LogP contribution in [-0.2, 0) is 6.54 Å². The Labute approximate surface area is 215 Å². The summed E-state index contributed by atoms with van der Waals surface area (Å²) in [7, 11) is 0. The smallest absolute Gasteiger partial charge is 0.256 e. The molecule has 1 N–H and O–H groups in total. The van der Waals surface area contributed by atoms with E-state index in [1.54, 1.807) is 18.2 Å². The van der Waals surface area contributed by atoms with Crippen LogP contribution >= 0.6 is 0 Å². The third kappa shape index (κ3) is 5.80. The van der Waals surface area contributed by atoms with E-state index in [9.17, 15) is 18.4 Å². The minimum atomic E-state index is -0.409. The molecule has 8 heteroatoms. The van der Waals surface area contributed by atoms with Crippen LogP contribution in [0.5, 0.6) is 0 Å². The maximum atomic E-state index is 14.1. The Morgan fingerprint density at radius 3 is 2.22 bits per heavy atom. The topological polar surface area (TPSA) is 55.9 Å². The summed E-state index contributed by atoms with van der Waals surface area (Å²) in [5.41, 5.74) is 2.92. The zero-order valence-corrected chi connectivity index (χ0v) is 20.6. The maximum absolute atomic E-state index is 14.1. The number of anilines is 2. The molecule has 2 amide bonds. The molecule has 0 aliphatic carbocycles. The highest BCUT2D eigenvalue weighted by molar-refractivity contribution is 6.06. The Morgan fingerprint density at radius 2 is 1.51 bits per heavy atom. The van der Waals surface area contributed by atoms with Crippen molar-refractivity contribution in [2.45, 2.75) is 19.4 Å². The van der Waals surface area contributed by atoms with Crippen LogP contribution in [0.4, 0.5) is 20.2 Å². The predicted molar refractivity (Wildman–Crippen MR) is 140 cm³/mol. The second-order valence-corrected chi connectivity index (χ2v) is 9.55. The first-order chi connectivity index (χ1) is 18.0. The molecule has 0 saturated carbocycles. The lowest BCUT2D eigenvalue weighted by atomic mass is 10.1. The van der Waals surface area contributed by atoms with E-state index in [0.29, 0.717) is 42.0 Å². The molecule has 3 aromatic rings. The summed E-state index contributed by atoms with van der Waals surface area (Å²) in [5, 5.41) is 2.84. The number of nitrogens with zero attached hydrogens (tertiary/aromatic N) is 3. The minimum absolute atomic E-state index is 0.0424. The lowest BCUT2D eigenvalue weighted by Crippen LogP contribution is -2.46. The molecule has 2 saturated heterocycles. The maximum Gasteiger partial charge on any atom is 0.256 e. The van der Waals surface area contributed by atoms with Crippen LogP contribution in [0.25, 0.3) is 0 Å². The fraction of sp³-hybridized carbons (Fsp3) is 0.310. The second-order valence-electron chi connectivity index (χ2n) is 9.55. The summed E-state index contributed by atoms with van der Waals surface area (Å²) in [6, 6.07) is 17.6. The van der Waals surface area contributed by atoms with Crippen LogP contribution in [0.15, 0.2) is 66.7 Å². The Bertz CT molecular complexity index is 1270. The van der Waals surface area contributed by atoms with Crippen LogP contribution < -0.4 is 10.2 Å². The number of hydrogen-bond acceptors (Lipinski definition) is 4. The number of piperazine rings is 1. The summed E-state index contributed by atoms with van der Waals surface area (Å²) in [6.07, 6.45) is 1.97. The van der Waals surface area contributed by atoms with E-state index in [2.05, 4.69) is 15.1 Å². The molecular weight excluding hydrogens is 474 g/mol. The van der Waals surface area contributed by atoms with Gasteiger partial charge in [-0.25, -0.2) is 8.78 Å². The monoisotopic (exact) mass is 504 g/mol. The number of carbonyl (C=O) groups excluding carboxylic acids is 2. The molecule has 2 aliphatic rings. The summed E-state index contributed by atoms with van der Waals surface area (Å²) in [5.74, 6) is -1.01. The van der Waals surface area contributed by atoms with Crippen molar-refractivity contribution in [1.29, 1.82) is 0 Å². The molecule has 5 rings (SSSR count). The third-order valence-corrected chi connectivity index (χ3v) is 7.05. The fourth-order valence-electron chi connectivity index (χ4n) is 4.97. The van der Waals surface area contributed by atoms with Gasteiger partial charge in [0.1, 0.15) is 11.6 Å². The minimum Gasteiger partial charge on any atom is -0.368 e. The lowest BCUT2D eigenvalue weighted by Gasteiger charge is -2.37. The molecule has 192 valence electrons. The van der Waals surface area contributed by atoms with E-state index in [-0.39, 0.29) is 17.6 Å². The van der Waals surface area contributed by atoms with Crippen LogP contribution in [0.1, 0.15) is 39.1 Å². The van der Waals surface area contributed by atoms with Gasteiger partial charge < -0.3 is 15.1 Å². The number of likely N-dealkylation sites (tertiary alicyclic amines) is 1. The highest BCUT2D eigenvalue weighted by Crippen LogP contribution is 2.29. The average Bonchev–Trinajstić information content (AvgIpc) is 3.46. The van der Waals surface area contributed by atoms with Gasteiger partial charge in [0, 0.05) is 68.3 Å². The van der Waals surface area contributed by atoms with Gasteiger partial charge >= 0.3 is 0 Å². The number of halogens is 2. The van der Waals surface area contributed by atoms with E-state index in [1.165, 1.54) is 30.3 Å². The zero-order chi connectivity index (χ0) is 25.8. The first kappa shape index (κ1) is 24.9. The van der Waals surface area contributed by atoms with Gasteiger partial charge in [-0.1, -0.05) is 18.2 Å². The third-order valence-electron chi connectivity index (χ3n) is 7.05. The van der Waals surface area contributed by atoms with Gasteiger partial charge in [-0.15, -0.1) is 0 Å². The first-order valence-corrected chi connectivity index (χ1v) is 12.7. The number of carbonyl (C=O) groups is 2. The van der Waals surface area contributed by atoms with E-state index >= 15 is 0 Å². The summed E-state index contributed by atoms with van der Waals surface area (Å²) in [6.45, 7) is 4.89. The number of benzene rings is 3. The van der Waals surface area contributed by atoms with Crippen molar-refractivity contribution >= 4 is 23.2 Å². The first-order valence-electron chi connectivity index (χ1n) is 12.7. The van der Waals surface area contributed by atoms with Gasteiger partial charge in [0.2, 0.25) is 0 Å². The predicted octanol–water partition coefficient (Wildman–Crippen LogP) is 4.78. The molecule has 0 aromatic heterocycles. The standard InChI is InChI=1S/C29H30F2N4O2/c30-23-9-7-21(8-10-23)28(36)32-24-11-12-27(25(19-24)29(37)35-13-3-4-14-35)34-17-15-33(16-18-34)20-22-5-1-2-6-26(22)31/h1-2,5-12,19H,3-4,13-18,20H2,(H,32,36). The van der Waals surface area contributed by atoms with Crippen molar-refractivity contribution in [2.24, 2.45) is 0 Å². The lowest BCUT2D eigenvalue weighted by molar-refractivity contribution is 0.0792. The number of hydrogen-bond donors (Lipinski definition) is 1. The molecule has 0 bridgehead atoms. The quantitative estimate of drug-likeness (QED) is 0.525. The van der Waals surface area contributed by atoms with Crippen LogP contribution in [0, 0.1) is 11.6 Å². The number of rotatable bonds is 6. The fourth-order valence-corrected chi connectivity index (χ4v) is 4.97. The zero-order valence-electron chi connectivity index (χ0n) is 20.6. The van der Waals surface area contributed by atoms with Crippen molar-refractivity contribution in [1.82, 2.24) is 9.80 Å². The molecule has 0 unspecified atom stereocenters. The Hall–Kier alpha value is -3.78. The highest BCUT2D eigenvalue weighted by Gasteiger charge is 2.27. The largest absolute Gasteiger partial charge is 0.368 e. The Morgan fingerprint density at radius 1 is 0.811 bits per heavy atom. The van der Waals surface area contributed by atoms with Gasteiger partial charge in [0.05, 0.1) is 5.56 Å². The molecule has 2 heterocycles. The van der Waals surface area contributed by atoms with Crippen molar-refractivity contribution in [2.75, 3.05) is 49.5 Å². The van der Waals surface area contributed by atoms with Gasteiger partial charge in [-0.2, -0.15) is 0 Å². The molecule has 37 heavy (non-hydrogen) atoms. The average molecular weight is 505 g/mol. The van der Waals surface area contributed by atoms with Crippen molar-refractivity contribution in [3.63, 3.8) is 0 Å². The molecule has 0 radical (unpaired) electrons. The van der Waals surface area contributed by atoms with E-state index in [0.717, 1.165) is 44.7 Å². The van der Waals surface area contributed by atoms with E-state index in [4.69, 9.17) is 0 Å². The van der Waals surface area contributed by atoms with Crippen LogP contribution in [-0.4, -0.2) is 60.9 Å². The Kier molecular flexibility index (Phi) is 7.46. The van der Waals surface area contributed by atoms with Gasteiger partial charge in [0.15, 0.2) is 0 Å². The normalized spacial score (nSPS) is 16.2. The second kappa shape index (κ2) is 11.1. The molecule has 0 spiro atoms. The van der Waals surface area contributed by atoms with E-state index < -0.39 is 5.82 Å². The molecular formula is C29H30F2N4O2. The summed E-state index contributed by atoms with van der Waals surface area (Å²) >= 11 is 0. The molecule has 2 aliphatic heterocycles.